The Labute approximate surface area is 110 Å². The van der Waals surface area contributed by atoms with Crippen molar-refractivity contribution in [3.05, 3.63) is 0 Å². The molecule has 0 aromatic rings. The number of nitrogens with one attached hydrogen (secondary N) is 1. The van der Waals surface area contributed by atoms with Gasteiger partial charge >= 0.3 is 0 Å². The van der Waals surface area contributed by atoms with Gasteiger partial charge in [0.2, 0.25) is 0 Å². The quantitative estimate of drug-likeness (QED) is 0.768. The molecule has 0 spiro atoms. The Balaban J connectivity index is 2.59. The van der Waals surface area contributed by atoms with Gasteiger partial charge in [-0.25, -0.2) is 0 Å². The van der Waals surface area contributed by atoms with E-state index in [1.165, 1.54) is 0 Å². The average molecular weight is 261 g/mol. The minimum Gasteiger partial charge on any atom is -0.396 e. The maximum atomic E-state index is 9.09. The van der Waals surface area contributed by atoms with Crippen LogP contribution in [0.1, 0.15) is 40.5 Å². The number of aliphatic hydroxyl groups is 1. The van der Waals surface area contributed by atoms with Crippen molar-refractivity contribution in [1.29, 1.82) is 0 Å². The molecule has 3 nitrogen and oxygen atoms in total. The lowest BCUT2D eigenvalue weighted by Gasteiger charge is -2.31. The van der Waals surface area contributed by atoms with Crippen LogP contribution in [0.25, 0.3) is 0 Å². The highest BCUT2D eigenvalue weighted by atomic mass is 32.2. The van der Waals surface area contributed by atoms with Gasteiger partial charge in [-0.3, -0.25) is 0 Å². The first-order chi connectivity index (χ1) is 7.80. The van der Waals surface area contributed by atoms with Crippen molar-refractivity contribution >= 4 is 11.8 Å². The second-order valence-corrected chi connectivity index (χ2v) is 6.96. The standard InChI is InChI=1S/C13H27NO2S/c1-12(2)8-11(13(3,4)16-12)14-10(6-7-15)9-17-5/h10-11,14-15H,6-9H2,1-5H3. The van der Waals surface area contributed by atoms with Crippen LogP contribution >= 0.6 is 11.8 Å². The van der Waals surface area contributed by atoms with Crippen LogP contribution in [0.4, 0.5) is 0 Å². The maximum absolute atomic E-state index is 9.09. The number of rotatable bonds is 6. The molecule has 1 rings (SSSR count). The Kier molecular flexibility index (Phi) is 5.32. The molecule has 2 N–H and O–H groups in total. The number of thioether (sulfide) groups is 1. The zero-order valence-corrected chi connectivity index (χ0v) is 12.6. The van der Waals surface area contributed by atoms with Crippen LogP contribution in [-0.4, -0.2) is 47.0 Å². The molecule has 0 saturated carbocycles. The first-order valence-electron chi connectivity index (χ1n) is 6.37. The van der Waals surface area contributed by atoms with Gasteiger partial charge in [0, 0.05) is 24.4 Å². The van der Waals surface area contributed by atoms with E-state index in [0.717, 1.165) is 18.6 Å². The fourth-order valence-corrected chi connectivity index (χ4v) is 3.34. The molecule has 2 unspecified atom stereocenters. The number of hydrogen-bond donors (Lipinski definition) is 2. The summed E-state index contributed by atoms with van der Waals surface area (Å²) in [6.07, 6.45) is 3.94. The topological polar surface area (TPSA) is 41.5 Å². The van der Waals surface area contributed by atoms with Crippen molar-refractivity contribution in [2.24, 2.45) is 0 Å². The third-order valence-electron chi connectivity index (χ3n) is 3.36. The summed E-state index contributed by atoms with van der Waals surface area (Å²) in [5, 5.41) is 12.7. The summed E-state index contributed by atoms with van der Waals surface area (Å²) in [6.45, 7) is 8.83. The summed E-state index contributed by atoms with van der Waals surface area (Å²) in [7, 11) is 0. The van der Waals surface area contributed by atoms with Crippen LogP contribution in [-0.2, 0) is 4.74 Å². The van der Waals surface area contributed by atoms with Gasteiger partial charge in [-0.2, -0.15) is 11.8 Å². The molecule has 0 bridgehead atoms. The molecule has 2 atom stereocenters. The van der Waals surface area contributed by atoms with Gasteiger partial charge in [0.05, 0.1) is 11.2 Å². The Morgan fingerprint density at radius 2 is 2.06 bits per heavy atom. The molecule has 0 aromatic heterocycles. The first kappa shape index (κ1) is 15.3. The van der Waals surface area contributed by atoms with E-state index in [1.54, 1.807) is 0 Å². The third kappa shape index (κ3) is 4.43. The summed E-state index contributed by atoms with van der Waals surface area (Å²) in [5.41, 5.74) is -0.181. The smallest absolute Gasteiger partial charge is 0.0787 e. The highest BCUT2D eigenvalue weighted by molar-refractivity contribution is 7.98. The molecular formula is C13H27NO2S. The molecule has 0 aromatic carbocycles. The van der Waals surface area contributed by atoms with Crippen molar-refractivity contribution in [3.63, 3.8) is 0 Å². The Bertz CT molecular complexity index is 238. The van der Waals surface area contributed by atoms with Gasteiger partial charge in [-0.05, 0) is 46.8 Å². The van der Waals surface area contributed by atoms with Crippen LogP contribution in [0.15, 0.2) is 0 Å². The van der Waals surface area contributed by atoms with E-state index >= 15 is 0 Å². The monoisotopic (exact) mass is 261 g/mol. The summed E-state index contributed by atoms with van der Waals surface area (Å²) in [5.74, 6) is 1.04. The van der Waals surface area contributed by atoms with E-state index < -0.39 is 0 Å². The molecule has 0 radical (unpaired) electrons. The van der Waals surface area contributed by atoms with Crippen molar-refractivity contribution in [3.8, 4) is 0 Å². The van der Waals surface area contributed by atoms with Crippen LogP contribution in [0.2, 0.25) is 0 Å². The molecule has 1 aliphatic heterocycles. The predicted molar refractivity (Wildman–Crippen MR) is 74.7 cm³/mol. The van der Waals surface area contributed by atoms with Gasteiger partial charge in [-0.15, -0.1) is 0 Å². The minimum absolute atomic E-state index is 0.0513. The molecule has 102 valence electrons. The van der Waals surface area contributed by atoms with Gasteiger partial charge in [0.15, 0.2) is 0 Å². The zero-order valence-electron chi connectivity index (χ0n) is 11.7. The van der Waals surface area contributed by atoms with E-state index in [9.17, 15) is 0 Å². The van der Waals surface area contributed by atoms with Crippen LogP contribution < -0.4 is 5.32 Å². The summed E-state index contributed by atoms with van der Waals surface area (Å²) >= 11 is 1.82. The van der Waals surface area contributed by atoms with Gasteiger partial charge < -0.3 is 15.2 Å². The van der Waals surface area contributed by atoms with E-state index in [1.807, 2.05) is 11.8 Å². The minimum atomic E-state index is -0.129. The zero-order chi connectivity index (χ0) is 13.1. The lowest BCUT2D eigenvalue weighted by atomic mass is 9.93. The molecule has 0 amide bonds. The molecule has 0 aliphatic carbocycles. The lowest BCUT2D eigenvalue weighted by molar-refractivity contribution is -0.0704. The fourth-order valence-electron chi connectivity index (χ4n) is 2.68. The van der Waals surface area contributed by atoms with Crippen LogP contribution in [0.5, 0.6) is 0 Å². The fraction of sp³-hybridized carbons (Fsp3) is 1.00. The Morgan fingerprint density at radius 1 is 1.41 bits per heavy atom. The van der Waals surface area contributed by atoms with Crippen LogP contribution in [0, 0.1) is 0 Å². The highest BCUT2D eigenvalue weighted by Gasteiger charge is 2.46. The predicted octanol–water partition coefficient (Wildman–Crippen LogP) is 2.04. The van der Waals surface area contributed by atoms with Gasteiger partial charge in [0.1, 0.15) is 0 Å². The third-order valence-corrected chi connectivity index (χ3v) is 4.09. The molecular weight excluding hydrogens is 234 g/mol. The van der Waals surface area contributed by atoms with E-state index in [-0.39, 0.29) is 17.8 Å². The Morgan fingerprint density at radius 3 is 2.47 bits per heavy atom. The largest absolute Gasteiger partial charge is 0.396 e. The second kappa shape index (κ2) is 5.91. The molecule has 1 saturated heterocycles. The maximum Gasteiger partial charge on any atom is 0.0787 e. The summed E-state index contributed by atoms with van der Waals surface area (Å²) < 4.78 is 6.07. The van der Waals surface area contributed by atoms with E-state index in [2.05, 4.69) is 39.3 Å². The lowest BCUT2D eigenvalue weighted by Crippen LogP contribution is -2.49. The van der Waals surface area contributed by atoms with E-state index in [4.69, 9.17) is 9.84 Å². The Hall–Kier alpha value is 0.230. The SMILES string of the molecule is CSCC(CCO)NC1CC(C)(C)OC1(C)C. The normalized spacial score (nSPS) is 28.2. The molecule has 1 heterocycles. The molecule has 1 aliphatic rings. The second-order valence-electron chi connectivity index (χ2n) is 6.05. The van der Waals surface area contributed by atoms with Crippen molar-refractivity contribution in [2.75, 3.05) is 18.6 Å². The van der Waals surface area contributed by atoms with Crippen molar-refractivity contribution in [2.45, 2.75) is 63.8 Å². The molecule has 1 fully saturated rings. The van der Waals surface area contributed by atoms with Crippen LogP contribution in [0.3, 0.4) is 0 Å². The van der Waals surface area contributed by atoms with E-state index in [0.29, 0.717) is 12.1 Å². The molecule has 17 heavy (non-hydrogen) atoms. The van der Waals surface area contributed by atoms with Crippen molar-refractivity contribution < 1.29 is 9.84 Å². The number of aliphatic hydroxyl groups excluding tert-OH is 1. The summed E-state index contributed by atoms with van der Waals surface area (Å²) in [6, 6.07) is 0.734. The average Bonchev–Trinajstić information content (AvgIpc) is 2.35. The van der Waals surface area contributed by atoms with Crippen molar-refractivity contribution in [1.82, 2.24) is 5.32 Å². The molecule has 4 heteroatoms. The summed E-state index contributed by atoms with van der Waals surface area (Å²) in [4.78, 5) is 0. The number of ether oxygens (including phenoxy) is 1. The highest BCUT2D eigenvalue weighted by Crippen LogP contribution is 2.37. The van der Waals surface area contributed by atoms with Gasteiger partial charge in [0.25, 0.3) is 0 Å². The van der Waals surface area contributed by atoms with Gasteiger partial charge in [-0.1, -0.05) is 0 Å². The first-order valence-corrected chi connectivity index (χ1v) is 7.76. The number of hydrogen-bond acceptors (Lipinski definition) is 4.